The molecule has 4 nitrogen and oxygen atoms in total. The summed E-state index contributed by atoms with van der Waals surface area (Å²) in [7, 11) is 1.59. The largest absolute Gasteiger partial charge is 0.376 e. The number of benzene rings is 2. The first-order chi connectivity index (χ1) is 10.4. The van der Waals surface area contributed by atoms with E-state index in [2.05, 4.69) is 10.3 Å². The molecule has 0 saturated carbocycles. The number of ether oxygens (including phenoxy) is 1. The summed E-state index contributed by atoms with van der Waals surface area (Å²) in [6, 6.07) is 21.7. The van der Waals surface area contributed by atoms with Gasteiger partial charge in [-0.2, -0.15) is 5.26 Å². The molecule has 0 aliphatic rings. The highest BCUT2D eigenvalue weighted by molar-refractivity contribution is 5.39. The number of nitrogens with zero attached hydrogens (tertiary/aromatic N) is 1. The molecule has 0 unspecified atom stereocenters. The van der Waals surface area contributed by atoms with E-state index in [0.29, 0.717) is 19.6 Å². The number of hydrogen-bond acceptors (Lipinski definition) is 4. The van der Waals surface area contributed by atoms with Crippen molar-refractivity contribution in [2.45, 2.75) is 13.0 Å². The van der Waals surface area contributed by atoms with Gasteiger partial charge in [-0.25, -0.2) is 0 Å². The van der Waals surface area contributed by atoms with Crippen molar-refractivity contribution in [1.29, 1.82) is 5.26 Å². The average molecular weight is 284 g/mol. The van der Waals surface area contributed by atoms with Gasteiger partial charge in [0.2, 0.25) is 0 Å². The van der Waals surface area contributed by atoms with E-state index in [1.165, 1.54) is 0 Å². The van der Waals surface area contributed by atoms with E-state index < -0.39 is 0 Å². The van der Waals surface area contributed by atoms with E-state index >= 15 is 0 Å². The van der Waals surface area contributed by atoms with E-state index in [9.17, 15) is 0 Å². The SMILES string of the molecule is CONc1ccccc1.N#CCCOCc1ccccc1. The summed E-state index contributed by atoms with van der Waals surface area (Å²) in [6.07, 6.45) is 0.465. The Bertz CT molecular complexity index is 509. The van der Waals surface area contributed by atoms with Crippen molar-refractivity contribution < 1.29 is 9.57 Å². The number of hydrogen-bond donors (Lipinski definition) is 1. The van der Waals surface area contributed by atoms with Gasteiger partial charge in [0, 0.05) is 0 Å². The van der Waals surface area contributed by atoms with E-state index in [1.54, 1.807) is 7.11 Å². The maximum atomic E-state index is 8.23. The lowest BCUT2D eigenvalue weighted by atomic mass is 10.2. The number of nitriles is 1. The fourth-order valence-corrected chi connectivity index (χ4v) is 1.51. The molecule has 0 radical (unpaired) electrons. The molecule has 0 fully saturated rings. The highest BCUT2D eigenvalue weighted by Crippen LogP contribution is 2.03. The van der Waals surface area contributed by atoms with Crippen LogP contribution in [0.25, 0.3) is 0 Å². The fraction of sp³-hybridized carbons (Fsp3) is 0.235. The average Bonchev–Trinajstić information content (AvgIpc) is 2.55. The molecule has 0 atom stereocenters. The molecule has 21 heavy (non-hydrogen) atoms. The Hall–Kier alpha value is -2.35. The van der Waals surface area contributed by atoms with Crippen LogP contribution in [0.4, 0.5) is 5.69 Å². The molecule has 0 saturated heterocycles. The molecule has 0 amide bonds. The summed E-state index contributed by atoms with van der Waals surface area (Å²) in [4.78, 5) is 4.68. The van der Waals surface area contributed by atoms with Crippen LogP contribution in [0.3, 0.4) is 0 Å². The third-order valence-corrected chi connectivity index (χ3v) is 2.46. The second-order valence-corrected chi connectivity index (χ2v) is 4.12. The lowest BCUT2D eigenvalue weighted by Crippen LogP contribution is -1.93. The zero-order valence-corrected chi connectivity index (χ0v) is 12.2. The van der Waals surface area contributed by atoms with Gasteiger partial charge in [-0.1, -0.05) is 48.5 Å². The fourth-order valence-electron chi connectivity index (χ4n) is 1.51. The van der Waals surface area contributed by atoms with Crippen LogP contribution in [0.15, 0.2) is 60.7 Å². The Morgan fingerprint density at radius 1 is 1.00 bits per heavy atom. The Labute approximate surface area is 125 Å². The minimum atomic E-state index is 0.465. The molecular weight excluding hydrogens is 264 g/mol. The molecule has 2 rings (SSSR count). The number of anilines is 1. The second-order valence-electron chi connectivity index (χ2n) is 4.12. The summed E-state index contributed by atoms with van der Waals surface area (Å²) >= 11 is 0. The van der Waals surface area contributed by atoms with Crippen LogP contribution in [0.1, 0.15) is 12.0 Å². The van der Waals surface area contributed by atoms with Crippen molar-refractivity contribution >= 4 is 5.69 Å². The maximum Gasteiger partial charge on any atom is 0.0717 e. The third-order valence-electron chi connectivity index (χ3n) is 2.46. The monoisotopic (exact) mass is 284 g/mol. The summed E-state index contributed by atoms with van der Waals surface area (Å²) < 4.78 is 5.24. The van der Waals surface area contributed by atoms with Gasteiger partial charge in [-0.15, -0.1) is 0 Å². The van der Waals surface area contributed by atoms with E-state index in [-0.39, 0.29) is 0 Å². The molecule has 0 spiro atoms. The van der Waals surface area contributed by atoms with E-state index in [4.69, 9.17) is 10.00 Å². The summed E-state index contributed by atoms with van der Waals surface area (Å²) in [5.74, 6) is 0. The molecular formula is C17H20N2O2. The lowest BCUT2D eigenvalue weighted by molar-refractivity contribution is 0.126. The van der Waals surface area contributed by atoms with Crippen LogP contribution >= 0.6 is 0 Å². The quantitative estimate of drug-likeness (QED) is 0.648. The van der Waals surface area contributed by atoms with E-state index in [1.807, 2.05) is 66.7 Å². The van der Waals surface area contributed by atoms with Crippen molar-refractivity contribution in [3.05, 3.63) is 66.2 Å². The molecule has 110 valence electrons. The van der Waals surface area contributed by atoms with E-state index in [0.717, 1.165) is 11.3 Å². The molecule has 2 aromatic carbocycles. The maximum absolute atomic E-state index is 8.23. The predicted molar refractivity (Wildman–Crippen MR) is 83.4 cm³/mol. The van der Waals surface area contributed by atoms with Crippen LogP contribution in [-0.4, -0.2) is 13.7 Å². The topological polar surface area (TPSA) is 54.3 Å². The predicted octanol–water partition coefficient (Wildman–Crippen LogP) is 3.78. The molecule has 0 aliphatic heterocycles. The highest BCUT2D eigenvalue weighted by atomic mass is 16.6. The van der Waals surface area contributed by atoms with Crippen LogP contribution < -0.4 is 5.48 Å². The molecule has 0 aliphatic carbocycles. The minimum Gasteiger partial charge on any atom is -0.376 e. The van der Waals surface area contributed by atoms with Gasteiger partial charge in [0.15, 0.2) is 0 Å². The van der Waals surface area contributed by atoms with Gasteiger partial charge >= 0.3 is 0 Å². The van der Waals surface area contributed by atoms with Gasteiger partial charge in [0.25, 0.3) is 0 Å². The second kappa shape index (κ2) is 11.5. The van der Waals surface area contributed by atoms with Gasteiger partial charge < -0.3 is 4.74 Å². The zero-order chi connectivity index (χ0) is 15.2. The lowest BCUT2D eigenvalue weighted by Gasteiger charge is -2.00. The first-order valence-electron chi connectivity index (χ1n) is 6.69. The van der Waals surface area contributed by atoms with Crippen molar-refractivity contribution in [1.82, 2.24) is 0 Å². The molecule has 2 aromatic rings. The van der Waals surface area contributed by atoms with Crippen molar-refractivity contribution in [2.75, 3.05) is 19.2 Å². The number of para-hydroxylation sites is 1. The summed E-state index contributed by atoms with van der Waals surface area (Å²) in [6.45, 7) is 1.12. The van der Waals surface area contributed by atoms with Gasteiger partial charge in [0.1, 0.15) is 0 Å². The first kappa shape index (κ1) is 16.7. The van der Waals surface area contributed by atoms with Crippen LogP contribution in [0, 0.1) is 11.3 Å². The van der Waals surface area contributed by atoms with Crippen molar-refractivity contribution in [3.8, 4) is 6.07 Å². The molecule has 1 N–H and O–H groups in total. The minimum absolute atomic E-state index is 0.465. The smallest absolute Gasteiger partial charge is 0.0717 e. The Morgan fingerprint density at radius 2 is 1.62 bits per heavy atom. The van der Waals surface area contributed by atoms with Gasteiger partial charge in [-0.3, -0.25) is 10.3 Å². The molecule has 0 heterocycles. The normalized spacial score (nSPS) is 9.14. The Morgan fingerprint density at radius 3 is 2.19 bits per heavy atom. The van der Waals surface area contributed by atoms with Crippen LogP contribution in [0.2, 0.25) is 0 Å². The first-order valence-corrected chi connectivity index (χ1v) is 6.69. The number of nitrogens with one attached hydrogen (secondary N) is 1. The summed E-state index contributed by atoms with van der Waals surface area (Å²) in [5.41, 5.74) is 4.83. The zero-order valence-electron chi connectivity index (χ0n) is 12.2. The highest BCUT2D eigenvalue weighted by Gasteiger charge is 1.90. The van der Waals surface area contributed by atoms with Gasteiger partial charge in [0.05, 0.1) is 38.5 Å². The molecule has 0 aromatic heterocycles. The molecule has 4 heteroatoms. The Kier molecular flexibility index (Phi) is 9.13. The van der Waals surface area contributed by atoms with Crippen LogP contribution in [-0.2, 0) is 16.2 Å². The van der Waals surface area contributed by atoms with Crippen LogP contribution in [0.5, 0.6) is 0 Å². The molecule has 0 bridgehead atoms. The third kappa shape index (κ3) is 8.43. The van der Waals surface area contributed by atoms with Crippen molar-refractivity contribution in [3.63, 3.8) is 0 Å². The standard InChI is InChI=1S/C10H11NO.C7H9NO/c11-7-4-8-12-9-10-5-2-1-3-6-10;1-9-8-7-5-3-2-4-6-7/h1-3,5-6H,4,8-9H2;2-6,8H,1H3. The Balaban J connectivity index is 0.000000219. The summed E-state index contributed by atoms with van der Waals surface area (Å²) in [5, 5.41) is 8.23. The number of rotatable bonds is 6. The van der Waals surface area contributed by atoms with Crippen molar-refractivity contribution in [2.24, 2.45) is 0 Å². The van der Waals surface area contributed by atoms with Gasteiger partial charge in [-0.05, 0) is 17.7 Å².